The van der Waals surface area contributed by atoms with Crippen molar-refractivity contribution in [2.75, 3.05) is 0 Å². The summed E-state index contributed by atoms with van der Waals surface area (Å²) in [5.41, 5.74) is 0. The molecule has 0 amide bonds. The molecular weight excluding hydrogens is 579 g/mol. The van der Waals surface area contributed by atoms with Crippen molar-refractivity contribution >= 4 is 18.4 Å². The van der Waals surface area contributed by atoms with Crippen LogP contribution in [0.3, 0.4) is 0 Å². The van der Waals surface area contributed by atoms with Crippen LogP contribution in [-0.4, -0.2) is 54.4 Å². The molecule has 3 heterocycles. The van der Waals surface area contributed by atoms with Gasteiger partial charge in [-0.1, -0.05) is 0 Å². The Hall–Kier alpha value is 0.379. The van der Waals surface area contributed by atoms with Crippen molar-refractivity contribution in [2.24, 2.45) is 23.7 Å². The van der Waals surface area contributed by atoms with Gasteiger partial charge in [-0.15, -0.1) is 0 Å². The van der Waals surface area contributed by atoms with Gasteiger partial charge in [-0.2, -0.15) is 0 Å². The zero-order valence-electron chi connectivity index (χ0n) is 26.7. The summed E-state index contributed by atoms with van der Waals surface area (Å²) in [7, 11) is 0. The number of hydrogen-bond donors (Lipinski definition) is 0. The Morgan fingerprint density at radius 1 is 0.763 bits per heavy atom. The zero-order chi connectivity index (χ0) is 28.1. The summed E-state index contributed by atoms with van der Waals surface area (Å²) >= 11 is -2.34. The normalized spacial score (nSPS) is 37.0. The maximum atomic E-state index is 6.71. The van der Waals surface area contributed by atoms with Gasteiger partial charge < -0.3 is 0 Å². The van der Waals surface area contributed by atoms with Gasteiger partial charge >= 0.3 is 241 Å². The summed E-state index contributed by atoms with van der Waals surface area (Å²) < 4.78 is 33.7. The van der Waals surface area contributed by atoms with Crippen molar-refractivity contribution in [1.82, 2.24) is 0 Å². The fourth-order valence-corrected chi connectivity index (χ4v) is 22.3. The molecule has 222 valence electrons. The van der Waals surface area contributed by atoms with Crippen molar-refractivity contribution in [3.05, 3.63) is 10.2 Å². The number of rotatable bonds is 14. The Labute approximate surface area is 240 Å². The molecule has 3 aliphatic heterocycles. The number of ether oxygens (including phenoxy) is 4. The predicted octanol–water partition coefficient (Wildman–Crippen LogP) is 9.29. The van der Waals surface area contributed by atoms with Crippen molar-refractivity contribution < 1.29 is 18.9 Å². The molecule has 0 unspecified atom stereocenters. The van der Waals surface area contributed by atoms with Crippen LogP contribution in [0.25, 0.3) is 0 Å². The maximum absolute atomic E-state index is 6.71. The van der Waals surface area contributed by atoms with Crippen LogP contribution in [0.2, 0.25) is 13.3 Å². The van der Waals surface area contributed by atoms with Gasteiger partial charge in [0.05, 0.1) is 0 Å². The third-order valence-electron chi connectivity index (χ3n) is 10.0. The van der Waals surface area contributed by atoms with Crippen LogP contribution in [-0.2, 0) is 18.9 Å². The van der Waals surface area contributed by atoms with E-state index in [1.54, 1.807) is 0 Å². The van der Waals surface area contributed by atoms with Crippen molar-refractivity contribution in [3.8, 4) is 0 Å². The standard InChI is InChI=1S/C21H35O4.3C4H9.Sn/c1-9-12(2)17-14(4)19(24-20(6,7)23-17)15(5)18-13(3)16-10-11-21(8,22-16)25-18;3*1-3-4-2;/h1,9,12-19H,10-11H2,2-8H3;3*1,3-4H2,2H3;/t12-,13+,14+,15-,16-,17-,18-,19+,21-;;;;/m0..../s1. The minimum atomic E-state index is -2.34. The second kappa shape index (κ2) is 14.0. The Morgan fingerprint density at radius 3 is 1.84 bits per heavy atom. The summed E-state index contributed by atoms with van der Waals surface area (Å²) in [5, 5.41) is 0. The summed E-state index contributed by atoms with van der Waals surface area (Å²) in [6.07, 6.45) is 13.6. The molecule has 0 radical (unpaired) electrons. The SMILES string of the molecule is CCC[CH2][Sn](/[CH]=C/[C@H](C)[C@@H]1OC(C)(C)O[C@@H]([C@@H](C)[C@H]2O[C@@]3(C)CC[C@H](O3)[C@H]2C)[C@@H]1C)([CH2]CCC)[CH2]CCC. The molecular formula is C33H62O4Sn. The third-order valence-corrected chi connectivity index (χ3v) is 24.2. The van der Waals surface area contributed by atoms with E-state index in [1.165, 1.54) is 51.8 Å². The van der Waals surface area contributed by atoms with Gasteiger partial charge in [0.25, 0.3) is 0 Å². The molecule has 0 aliphatic carbocycles. The van der Waals surface area contributed by atoms with Gasteiger partial charge in [0, 0.05) is 0 Å². The molecule has 2 bridgehead atoms. The minimum absolute atomic E-state index is 0.0988. The molecule has 0 saturated carbocycles. The Balaban J connectivity index is 1.80. The van der Waals surface area contributed by atoms with Crippen molar-refractivity contribution in [2.45, 2.75) is 170 Å². The predicted molar refractivity (Wildman–Crippen MR) is 162 cm³/mol. The molecule has 3 aliphatic rings. The van der Waals surface area contributed by atoms with E-state index >= 15 is 0 Å². The van der Waals surface area contributed by atoms with Gasteiger partial charge in [0.1, 0.15) is 0 Å². The first-order valence-electron chi connectivity index (χ1n) is 16.3. The molecule has 3 rings (SSSR count). The van der Waals surface area contributed by atoms with Gasteiger partial charge in [-0.05, 0) is 0 Å². The fraction of sp³-hybridized carbons (Fsp3) is 0.939. The molecule has 0 spiro atoms. The van der Waals surface area contributed by atoms with Crippen LogP contribution < -0.4 is 0 Å². The summed E-state index contributed by atoms with van der Waals surface area (Å²) in [6, 6.07) is 0. The monoisotopic (exact) mass is 642 g/mol. The Morgan fingerprint density at radius 2 is 1.29 bits per heavy atom. The van der Waals surface area contributed by atoms with Crippen LogP contribution in [0.5, 0.6) is 0 Å². The van der Waals surface area contributed by atoms with Crippen LogP contribution >= 0.6 is 0 Å². The number of hydrogen-bond acceptors (Lipinski definition) is 4. The molecule has 0 aromatic heterocycles. The van der Waals surface area contributed by atoms with Crippen molar-refractivity contribution in [1.29, 1.82) is 0 Å². The summed E-state index contributed by atoms with van der Waals surface area (Å²) in [4.78, 5) is 0. The van der Waals surface area contributed by atoms with E-state index in [0.717, 1.165) is 12.8 Å². The van der Waals surface area contributed by atoms with Crippen LogP contribution in [0.4, 0.5) is 0 Å². The molecule has 9 atom stereocenters. The van der Waals surface area contributed by atoms with Crippen LogP contribution in [0.15, 0.2) is 10.2 Å². The van der Waals surface area contributed by atoms with Gasteiger partial charge in [-0.25, -0.2) is 0 Å². The second-order valence-corrected chi connectivity index (χ2v) is 27.0. The van der Waals surface area contributed by atoms with Crippen molar-refractivity contribution in [3.63, 3.8) is 0 Å². The van der Waals surface area contributed by atoms with E-state index in [4.69, 9.17) is 18.9 Å². The molecule has 4 nitrogen and oxygen atoms in total. The van der Waals surface area contributed by atoms with Crippen LogP contribution in [0, 0.1) is 23.7 Å². The van der Waals surface area contributed by atoms with Gasteiger partial charge in [-0.3, -0.25) is 0 Å². The first-order valence-corrected chi connectivity index (χ1v) is 24.0. The average Bonchev–Trinajstić information content (AvgIpc) is 3.23. The molecule has 5 heteroatoms. The van der Waals surface area contributed by atoms with Crippen LogP contribution in [0.1, 0.15) is 121 Å². The third kappa shape index (κ3) is 8.01. The molecule has 38 heavy (non-hydrogen) atoms. The van der Waals surface area contributed by atoms with E-state index in [0.29, 0.717) is 23.9 Å². The average molecular weight is 642 g/mol. The summed E-state index contributed by atoms with van der Waals surface area (Å²) in [6.45, 7) is 22.8. The number of unbranched alkanes of at least 4 members (excludes halogenated alkanes) is 3. The van der Waals surface area contributed by atoms with E-state index in [-0.39, 0.29) is 24.2 Å². The van der Waals surface area contributed by atoms with E-state index in [9.17, 15) is 0 Å². The second-order valence-electron chi connectivity index (χ2n) is 13.9. The number of fused-ring (bicyclic) bond motifs is 2. The fourth-order valence-electron chi connectivity index (χ4n) is 7.61. The molecule has 3 saturated heterocycles. The van der Waals surface area contributed by atoms with E-state index < -0.39 is 30.0 Å². The zero-order valence-corrected chi connectivity index (χ0v) is 29.5. The van der Waals surface area contributed by atoms with Gasteiger partial charge in [0.2, 0.25) is 0 Å². The first kappa shape index (κ1) is 32.9. The Bertz CT molecular complexity index is 732. The quantitative estimate of drug-likeness (QED) is 0.177. The first-order chi connectivity index (χ1) is 17.9. The van der Waals surface area contributed by atoms with E-state index in [1.807, 2.05) is 0 Å². The molecule has 0 N–H and O–H groups in total. The topological polar surface area (TPSA) is 36.9 Å². The summed E-state index contributed by atoms with van der Waals surface area (Å²) in [5.74, 6) is 0.314. The van der Waals surface area contributed by atoms with Gasteiger partial charge in [0.15, 0.2) is 0 Å². The Kier molecular flexibility index (Phi) is 12.1. The molecule has 3 fully saturated rings. The van der Waals surface area contributed by atoms with E-state index in [2.05, 4.69) is 79.4 Å². The molecule has 0 aromatic rings. The molecule has 0 aromatic carbocycles.